The quantitative estimate of drug-likeness (QED) is 0.696. The molecule has 0 unspecified atom stereocenters. The number of hydrogen-bond acceptors (Lipinski definition) is 3. The number of hydrogen-bond donors (Lipinski definition) is 0. The van der Waals surface area contributed by atoms with Gasteiger partial charge >= 0.3 is 0 Å². The molecule has 20 heavy (non-hydrogen) atoms. The lowest BCUT2D eigenvalue weighted by Crippen LogP contribution is -1.95. The Balaban J connectivity index is 2.10. The van der Waals surface area contributed by atoms with Crippen LogP contribution in [0.3, 0.4) is 0 Å². The molecule has 0 atom stereocenters. The van der Waals surface area contributed by atoms with E-state index >= 15 is 0 Å². The Labute approximate surface area is 121 Å². The van der Waals surface area contributed by atoms with Crippen LogP contribution in [0.1, 0.15) is 17.1 Å². The molecule has 3 aromatic rings. The summed E-state index contributed by atoms with van der Waals surface area (Å²) >= 11 is 6.04. The van der Waals surface area contributed by atoms with Gasteiger partial charge in [0.05, 0.1) is 11.6 Å². The number of halogens is 1. The van der Waals surface area contributed by atoms with Crippen LogP contribution in [0, 0.1) is 13.8 Å². The fraction of sp³-hybridized carbons (Fsp3) is 0.286. The van der Waals surface area contributed by atoms with Gasteiger partial charge in [-0.25, -0.2) is 0 Å². The van der Waals surface area contributed by atoms with Crippen molar-refractivity contribution >= 4 is 17.2 Å². The molecule has 0 bridgehead atoms. The molecular weight excluding hydrogens is 276 g/mol. The Morgan fingerprint density at radius 3 is 2.75 bits per heavy atom. The van der Waals surface area contributed by atoms with Gasteiger partial charge in [-0.2, -0.15) is 10.1 Å². The molecule has 0 saturated heterocycles. The Kier molecular flexibility index (Phi) is 3.14. The molecule has 0 saturated carbocycles. The van der Waals surface area contributed by atoms with Crippen LogP contribution in [0.2, 0.25) is 0 Å². The van der Waals surface area contributed by atoms with Crippen LogP contribution >= 0.6 is 11.6 Å². The van der Waals surface area contributed by atoms with Crippen molar-refractivity contribution in [3.05, 3.63) is 41.5 Å². The molecule has 104 valence electrons. The molecule has 0 aliphatic rings. The van der Waals surface area contributed by atoms with E-state index < -0.39 is 0 Å². The molecule has 0 aromatic carbocycles. The summed E-state index contributed by atoms with van der Waals surface area (Å²) in [5.41, 5.74) is 3.45. The van der Waals surface area contributed by atoms with Crippen LogP contribution in [0.25, 0.3) is 5.65 Å². The lowest BCUT2D eigenvalue weighted by molar-refractivity contribution is 0.454. The third-order valence-corrected chi connectivity index (χ3v) is 3.61. The van der Waals surface area contributed by atoms with E-state index in [0.717, 1.165) is 28.5 Å². The molecule has 0 spiro atoms. The zero-order valence-electron chi connectivity index (χ0n) is 11.6. The van der Waals surface area contributed by atoms with Crippen molar-refractivity contribution in [3.63, 3.8) is 0 Å². The average molecular weight is 291 g/mol. The molecular formula is C14H15ClN4O. The van der Waals surface area contributed by atoms with E-state index in [4.69, 9.17) is 16.3 Å². The normalized spacial score (nSPS) is 11.2. The summed E-state index contributed by atoms with van der Waals surface area (Å²) in [4.78, 5) is 4.49. The molecule has 0 fully saturated rings. The van der Waals surface area contributed by atoms with Gasteiger partial charge in [0.15, 0.2) is 5.75 Å². The van der Waals surface area contributed by atoms with Gasteiger partial charge in [0.1, 0.15) is 17.0 Å². The van der Waals surface area contributed by atoms with E-state index in [-0.39, 0.29) is 0 Å². The molecule has 6 heteroatoms. The summed E-state index contributed by atoms with van der Waals surface area (Å²) in [6.45, 7) is 3.88. The zero-order valence-corrected chi connectivity index (χ0v) is 12.3. The molecule has 3 rings (SSSR count). The molecule has 0 N–H and O–H groups in total. The average Bonchev–Trinajstić information content (AvgIpc) is 2.91. The number of fused-ring (bicyclic) bond motifs is 1. The van der Waals surface area contributed by atoms with E-state index in [1.807, 2.05) is 49.7 Å². The van der Waals surface area contributed by atoms with Crippen LogP contribution in [-0.4, -0.2) is 19.2 Å². The largest absolute Gasteiger partial charge is 0.433 e. The first kappa shape index (κ1) is 13.0. The van der Waals surface area contributed by atoms with Crippen LogP contribution in [0.5, 0.6) is 11.6 Å². The monoisotopic (exact) mass is 290 g/mol. The summed E-state index contributed by atoms with van der Waals surface area (Å²) in [5.74, 6) is 1.60. The van der Waals surface area contributed by atoms with Gasteiger partial charge in [0, 0.05) is 13.2 Å². The highest BCUT2D eigenvalue weighted by molar-refractivity contribution is 6.17. The van der Waals surface area contributed by atoms with Gasteiger partial charge in [0.2, 0.25) is 5.88 Å². The summed E-state index contributed by atoms with van der Waals surface area (Å²) in [7, 11) is 1.89. The first-order valence-corrected chi connectivity index (χ1v) is 6.85. The minimum absolute atomic E-state index is 0.332. The van der Waals surface area contributed by atoms with E-state index in [9.17, 15) is 0 Å². The maximum Gasteiger partial charge on any atom is 0.242 e. The summed E-state index contributed by atoms with van der Waals surface area (Å²) in [5, 5.41) is 4.34. The van der Waals surface area contributed by atoms with Gasteiger partial charge in [0.25, 0.3) is 0 Å². The van der Waals surface area contributed by atoms with E-state index in [2.05, 4.69) is 10.1 Å². The fourth-order valence-electron chi connectivity index (χ4n) is 2.23. The molecule has 0 aliphatic heterocycles. The Bertz CT molecular complexity index is 775. The van der Waals surface area contributed by atoms with Crippen LogP contribution < -0.4 is 4.74 Å². The van der Waals surface area contributed by atoms with E-state index in [1.54, 1.807) is 4.68 Å². The molecule has 0 aliphatic carbocycles. The van der Waals surface area contributed by atoms with Crippen molar-refractivity contribution in [2.24, 2.45) is 7.05 Å². The molecule has 3 aromatic heterocycles. The topological polar surface area (TPSA) is 44.3 Å². The SMILES string of the molecule is Cc1nn(C)c(C)c1Oc1nc2ccccn2c1CCl. The minimum atomic E-state index is 0.332. The highest BCUT2D eigenvalue weighted by Crippen LogP contribution is 2.31. The van der Waals surface area contributed by atoms with Gasteiger partial charge in [-0.1, -0.05) is 6.07 Å². The number of nitrogens with zero attached hydrogens (tertiary/aromatic N) is 4. The number of aryl methyl sites for hydroxylation is 2. The summed E-state index contributed by atoms with van der Waals surface area (Å²) in [6, 6.07) is 5.80. The Hall–Kier alpha value is -2.01. The first-order valence-electron chi connectivity index (χ1n) is 6.31. The second-order valence-corrected chi connectivity index (χ2v) is 4.92. The van der Waals surface area contributed by atoms with Crippen LogP contribution in [0.15, 0.2) is 24.4 Å². The molecule has 3 heterocycles. The van der Waals surface area contributed by atoms with E-state index in [1.165, 1.54) is 0 Å². The Morgan fingerprint density at radius 1 is 1.30 bits per heavy atom. The molecule has 0 amide bonds. The van der Waals surface area contributed by atoms with Gasteiger partial charge in [-0.3, -0.25) is 9.08 Å². The van der Waals surface area contributed by atoms with Gasteiger partial charge in [-0.05, 0) is 26.0 Å². The smallest absolute Gasteiger partial charge is 0.242 e. The zero-order chi connectivity index (χ0) is 14.3. The van der Waals surface area contributed by atoms with Crippen LogP contribution in [0.4, 0.5) is 0 Å². The van der Waals surface area contributed by atoms with Gasteiger partial charge < -0.3 is 4.74 Å². The van der Waals surface area contributed by atoms with Gasteiger partial charge in [-0.15, -0.1) is 11.6 Å². The number of rotatable bonds is 3. The third kappa shape index (κ3) is 1.94. The Morgan fingerprint density at radius 2 is 2.10 bits per heavy atom. The third-order valence-electron chi connectivity index (χ3n) is 3.36. The predicted molar refractivity (Wildman–Crippen MR) is 77.5 cm³/mol. The second-order valence-electron chi connectivity index (χ2n) is 4.65. The second kappa shape index (κ2) is 4.83. The molecule has 5 nitrogen and oxygen atoms in total. The summed E-state index contributed by atoms with van der Waals surface area (Å²) < 4.78 is 9.69. The van der Waals surface area contributed by atoms with Crippen molar-refractivity contribution in [1.82, 2.24) is 19.2 Å². The summed E-state index contributed by atoms with van der Waals surface area (Å²) in [6.07, 6.45) is 1.93. The highest BCUT2D eigenvalue weighted by Gasteiger charge is 2.17. The van der Waals surface area contributed by atoms with Crippen molar-refractivity contribution in [1.29, 1.82) is 0 Å². The highest BCUT2D eigenvalue weighted by atomic mass is 35.5. The van der Waals surface area contributed by atoms with Crippen LogP contribution in [-0.2, 0) is 12.9 Å². The van der Waals surface area contributed by atoms with E-state index in [0.29, 0.717) is 11.8 Å². The number of pyridine rings is 1. The van der Waals surface area contributed by atoms with Crippen molar-refractivity contribution in [2.45, 2.75) is 19.7 Å². The minimum Gasteiger partial charge on any atom is -0.433 e. The number of imidazole rings is 1. The lowest BCUT2D eigenvalue weighted by atomic mass is 10.3. The maximum absolute atomic E-state index is 6.04. The fourth-order valence-corrected chi connectivity index (χ4v) is 2.47. The number of ether oxygens (including phenoxy) is 1. The molecule has 0 radical (unpaired) electrons. The maximum atomic E-state index is 6.04. The van der Waals surface area contributed by atoms with Crippen molar-refractivity contribution < 1.29 is 4.74 Å². The van der Waals surface area contributed by atoms with Crippen molar-refractivity contribution in [3.8, 4) is 11.6 Å². The number of alkyl halides is 1. The van der Waals surface area contributed by atoms with Crippen molar-refractivity contribution in [2.75, 3.05) is 0 Å². The lowest BCUT2D eigenvalue weighted by Gasteiger charge is -2.04. The number of aromatic nitrogens is 4. The standard InChI is InChI=1S/C14H15ClN4O/c1-9-13(10(2)18(3)17-9)20-14-11(8-15)19-7-5-4-6-12(19)16-14/h4-7H,8H2,1-3H3. The first-order chi connectivity index (χ1) is 9.61. The predicted octanol–water partition coefficient (Wildman–Crippen LogP) is 3.22.